The Kier molecular flexibility index (Phi) is 5.97. The Morgan fingerprint density at radius 3 is 2.24 bits per heavy atom. The SMILES string of the molecule is O=C(N1CCC(O)CC1)N1CC(C2=NC(C3CC3)=CC2)CC(c2ccc(C(F)(F)F)cc2)C1. The summed E-state index contributed by atoms with van der Waals surface area (Å²) in [7, 11) is 0. The highest BCUT2D eigenvalue weighted by Gasteiger charge is 2.38. The van der Waals surface area contributed by atoms with Gasteiger partial charge in [0, 0.05) is 61.8 Å². The minimum atomic E-state index is -4.36. The first-order valence-electron chi connectivity index (χ1n) is 11.9. The highest BCUT2D eigenvalue weighted by molar-refractivity contribution is 5.92. The number of nitrogens with zero attached hydrogens (tertiary/aromatic N) is 3. The summed E-state index contributed by atoms with van der Waals surface area (Å²) in [5.41, 5.74) is 2.44. The monoisotopic (exact) mass is 461 g/mol. The van der Waals surface area contributed by atoms with Crippen molar-refractivity contribution in [1.29, 1.82) is 0 Å². The van der Waals surface area contributed by atoms with Crippen LogP contribution in [0.2, 0.25) is 0 Å². The Labute approximate surface area is 192 Å². The summed E-state index contributed by atoms with van der Waals surface area (Å²) in [4.78, 5) is 21.9. The van der Waals surface area contributed by atoms with Crippen LogP contribution in [0.1, 0.15) is 55.6 Å². The molecule has 2 atom stereocenters. The molecular formula is C25H30F3N3O2. The second-order valence-corrected chi connectivity index (χ2v) is 9.87. The van der Waals surface area contributed by atoms with Gasteiger partial charge >= 0.3 is 12.2 Å². The molecule has 1 aliphatic carbocycles. The van der Waals surface area contributed by atoms with E-state index in [4.69, 9.17) is 4.99 Å². The van der Waals surface area contributed by atoms with Crippen LogP contribution in [0.3, 0.4) is 0 Å². The molecule has 0 bridgehead atoms. The van der Waals surface area contributed by atoms with E-state index in [0.717, 1.165) is 36.2 Å². The Morgan fingerprint density at radius 1 is 0.939 bits per heavy atom. The summed E-state index contributed by atoms with van der Waals surface area (Å²) in [6.45, 7) is 2.12. The van der Waals surface area contributed by atoms with Crippen LogP contribution in [0.25, 0.3) is 0 Å². The zero-order valence-corrected chi connectivity index (χ0v) is 18.6. The van der Waals surface area contributed by atoms with Crippen LogP contribution in [0, 0.1) is 11.8 Å². The first kappa shape index (κ1) is 22.4. The Balaban J connectivity index is 1.36. The van der Waals surface area contributed by atoms with Crippen molar-refractivity contribution in [2.75, 3.05) is 26.2 Å². The fourth-order valence-electron chi connectivity index (χ4n) is 5.30. The predicted octanol–water partition coefficient (Wildman–Crippen LogP) is 4.83. The number of amides is 2. The maximum Gasteiger partial charge on any atom is 0.416 e. The van der Waals surface area contributed by atoms with Gasteiger partial charge in [0.1, 0.15) is 0 Å². The van der Waals surface area contributed by atoms with E-state index >= 15 is 0 Å². The van der Waals surface area contributed by atoms with Crippen LogP contribution < -0.4 is 0 Å². The number of alkyl halides is 3. The average Bonchev–Trinajstić information content (AvgIpc) is 3.54. The second kappa shape index (κ2) is 8.78. The van der Waals surface area contributed by atoms with Gasteiger partial charge in [-0.15, -0.1) is 0 Å². The number of rotatable bonds is 3. The van der Waals surface area contributed by atoms with E-state index in [-0.39, 0.29) is 24.0 Å². The number of halogens is 3. The quantitative estimate of drug-likeness (QED) is 0.701. The number of piperidine rings is 2. The van der Waals surface area contributed by atoms with Gasteiger partial charge in [0.2, 0.25) is 0 Å². The summed E-state index contributed by atoms with van der Waals surface area (Å²) in [6.07, 6.45) is 2.58. The summed E-state index contributed by atoms with van der Waals surface area (Å²) in [6, 6.07) is 5.34. The second-order valence-electron chi connectivity index (χ2n) is 9.87. The molecule has 0 aromatic heterocycles. The molecule has 1 N–H and O–H groups in total. The summed E-state index contributed by atoms with van der Waals surface area (Å²) >= 11 is 0. The molecule has 1 aromatic rings. The molecule has 0 radical (unpaired) electrons. The lowest BCUT2D eigenvalue weighted by Crippen LogP contribution is -2.52. The summed E-state index contributed by atoms with van der Waals surface area (Å²) < 4.78 is 39.1. The summed E-state index contributed by atoms with van der Waals surface area (Å²) in [5, 5.41) is 9.80. The number of allylic oxidation sites excluding steroid dienone is 2. The van der Waals surface area contributed by atoms with Crippen molar-refractivity contribution >= 4 is 11.7 Å². The van der Waals surface area contributed by atoms with E-state index in [1.165, 1.54) is 18.5 Å². The van der Waals surface area contributed by atoms with Gasteiger partial charge in [0.15, 0.2) is 0 Å². The predicted molar refractivity (Wildman–Crippen MR) is 119 cm³/mol. The lowest BCUT2D eigenvalue weighted by atomic mass is 9.81. The van der Waals surface area contributed by atoms with Gasteiger partial charge in [-0.05, 0) is 49.8 Å². The van der Waals surface area contributed by atoms with Crippen molar-refractivity contribution in [3.05, 3.63) is 47.2 Å². The number of hydrogen-bond acceptors (Lipinski definition) is 3. The minimum Gasteiger partial charge on any atom is -0.393 e. The standard InChI is InChI=1S/C25H30F3N3O2/c26-25(27,28)20-5-3-16(4-6-20)18-13-19(23-8-7-22(29-23)17-1-2-17)15-31(14-18)24(33)30-11-9-21(32)10-12-30/h3-7,17-19,21,32H,1-2,8-15H2. The zero-order valence-electron chi connectivity index (χ0n) is 18.6. The fraction of sp³-hybridized carbons (Fsp3) is 0.600. The molecule has 2 saturated heterocycles. The third-order valence-electron chi connectivity index (χ3n) is 7.43. The van der Waals surface area contributed by atoms with Crippen LogP contribution in [0.4, 0.5) is 18.0 Å². The van der Waals surface area contributed by atoms with Gasteiger partial charge in [-0.2, -0.15) is 13.2 Å². The van der Waals surface area contributed by atoms with Crippen molar-refractivity contribution in [3.8, 4) is 0 Å². The first-order valence-corrected chi connectivity index (χ1v) is 11.9. The zero-order chi connectivity index (χ0) is 23.2. The van der Waals surface area contributed by atoms with Crippen molar-refractivity contribution < 1.29 is 23.1 Å². The molecule has 8 heteroatoms. The fourth-order valence-corrected chi connectivity index (χ4v) is 5.30. The van der Waals surface area contributed by atoms with Gasteiger partial charge < -0.3 is 14.9 Å². The molecule has 2 unspecified atom stereocenters. The molecule has 33 heavy (non-hydrogen) atoms. The van der Waals surface area contributed by atoms with Gasteiger partial charge in [0.25, 0.3) is 0 Å². The molecule has 5 rings (SSSR count). The number of aliphatic imine (C=N–C) groups is 1. The van der Waals surface area contributed by atoms with Crippen LogP contribution >= 0.6 is 0 Å². The molecule has 3 fully saturated rings. The van der Waals surface area contributed by atoms with Gasteiger partial charge in [-0.3, -0.25) is 4.99 Å². The van der Waals surface area contributed by atoms with Gasteiger partial charge in [-0.1, -0.05) is 18.2 Å². The van der Waals surface area contributed by atoms with Gasteiger partial charge in [-0.25, -0.2) is 4.79 Å². The van der Waals surface area contributed by atoms with E-state index in [1.54, 1.807) is 17.0 Å². The van der Waals surface area contributed by atoms with Crippen LogP contribution in [0.15, 0.2) is 41.0 Å². The lowest BCUT2D eigenvalue weighted by molar-refractivity contribution is -0.137. The van der Waals surface area contributed by atoms with Crippen molar-refractivity contribution in [3.63, 3.8) is 0 Å². The molecule has 3 aliphatic heterocycles. The number of likely N-dealkylation sites (tertiary alicyclic amines) is 2. The van der Waals surface area contributed by atoms with Gasteiger partial charge in [0.05, 0.1) is 11.7 Å². The Morgan fingerprint density at radius 2 is 1.61 bits per heavy atom. The Bertz CT molecular complexity index is 945. The highest BCUT2D eigenvalue weighted by atomic mass is 19.4. The average molecular weight is 462 g/mol. The molecule has 4 aliphatic rings. The summed E-state index contributed by atoms with van der Waals surface area (Å²) in [5.74, 6) is 0.630. The molecule has 178 valence electrons. The van der Waals surface area contributed by atoms with E-state index in [0.29, 0.717) is 44.9 Å². The third-order valence-corrected chi connectivity index (χ3v) is 7.43. The van der Waals surface area contributed by atoms with Crippen molar-refractivity contribution in [2.24, 2.45) is 16.8 Å². The number of urea groups is 1. The topological polar surface area (TPSA) is 56.1 Å². The maximum atomic E-state index is 13.3. The first-order chi connectivity index (χ1) is 15.8. The normalized spacial score (nSPS) is 26.9. The van der Waals surface area contributed by atoms with Crippen LogP contribution in [-0.4, -0.2) is 58.9 Å². The molecule has 5 nitrogen and oxygen atoms in total. The number of aliphatic hydroxyl groups excluding tert-OH is 1. The van der Waals surface area contributed by atoms with E-state index < -0.39 is 11.7 Å². The van der Waals surface area contributed by atoms with Crippen LogP contribution in [-0.2, 0) is 6.18 Å². The molecule has 1 aromatic carbocycles. The number of carbonyl (C=O) groups is 1. The van der Waals surface area contributed by atoms with E-state index in [1.807, 2.05) is 4.90 Å². The van der Waals surface area contributed by atoms with Crippen molar-refractivity contribution in [1.82, 2.24) is 9.80 Å². The van der Waals surface area contributed by atoms with Crippen molar-refractivity contribution in [2.45, 2.75) is 56.7 Å². The molecule has 1 saturated carbocycles. The largest absolute Gasteiger partial charge is 0.416 e. The van der Waals surface area contributed by atoms with Crippen LogP contribution in [0.5, 0.6) is 0 Å². The molecule has 3 heterocycles. The smallest absolute Gasteiger partial charge is 0.393 e. The number of benzene rings is 1. The van der Waals surface area contributed by atoms with E-state index in [9.17, 15) is 23.1 Å². The molecule has 2 amide bonds. The number of hydrogen-bond donors (Lipinski definition) is 1. The maximum absolute atomic E-state index is 13.3. The lowest BCUT2D eigenvalue weighted by Gasteiger charge is -2.41. The van der Waals surface area contributed by atoms with E-state index in [2.05, 4.69) is 6.08 Å². The third kappa shape index (κ3) is 4.95. The molecular weight excluding hydrogens is 431 g/mol. The number of aliphatic hydroxyl groups is 1. The number of carbonyl (C=O) groups excluding carboxylic acids is 1. The minimum absolute atomic E-state index is 0.0435. The highest BCUT2D eigenvalue weighted by Crippen LogP contribution is 2.41. The Hall–Kier alpha value is -2.35. The molecule has 0 spiro atoms.